The van der Waals surface area contributed by atoms with Gasteiger partial charge in [-0.25, -0.2) is 0 Å². The van der Waals surface area contributed by atoms with E-state index in [1.54, 1.807) is 0 Å². The van der Waals surface area contributed by atoms with E-state index in [0.29, 0.717) is 12.8 Å². The predicted molar refractivity (Wildman–Crippen MR) is 72.3 cm³/mol. The zero-order valence-electron chi connectivity index (χ0n) is 12.3. The number of rotatable bonds is 4. The Hall–Kier alpha value is -1.92. The van der Waals surface area contributed by atoms with Gasteiger partial charge >= 0.3 is 12.1 Å². The first-order valence-corrected chi connectivity index (χ1v) is 6.83. The van der Waals surface area contributed by atoms with Gasteiger partial charge in [0.2, 0.25) is 0 Å². The lowest BCUT2D eigenvalue weighted by atomic mass is 9.76. The molecule has 0 amide bonds. The van der Waals surface area contributed by atoms with Crippen molar-refractivity contribution in [3.8, 4) is 11.5 Å². The highest BCUT2D eigenvalue weighted by Crippen LogP contribution is 2.49. The predicted octanol–water partition coefficient (Wildman–Crippen LogP) is 3.62. The smallest absolute Gasteiger partial charge is 0.416 e. The van der Waals surface area contributed by atoms with Crippen molar-refractivity contribution in [3.05, 3.63) is 23.3 Å². The minimum absolute atomic E-state index is 0.0721. The monoisotopic (exact) mass is 318 g/mol. The van der Waals surface area contributed by atoms with Gasteiger partial charge < -0.3 is 14.6 Å². The first kappa shape index (κ1) is 16.5. The number of ether oxygens (including phenoxy) is 2. The van der Waals surface area contributed by atoms with Crippen molar-refractivity contribution in [2.75, 3.05) is 14.2 Å². The fourth-order valence-electron chi connectivity index (χ4n) is 3.09. The topological polar surface area (TPSA) is 55.8 Å². The van der Waals surface area contributed by atoms with Gasteiger partial charge in [0.25, 0.3) is 0 Å². The maximum atomic E-state index is 13.4. The fraction of sp³-hybridized carbons (Fsp3) is 0.533. The number of alkyl halides is 3. The van der Waals surface area contributed by atoms with E-state index in [-0.39, 0.29) is 29.9 Å². The van der Waals surface area contributed by atoms with Gasteiger partial charge in [0, 0.05) is 0 Å². The molecule has 0 unspecified atom stereocenters. The Balaban J connectivity index is 2.74. The first-order chi connectivity index (χ1) is 10.3. The summed E-state index contributed by atoms with van der Waals surface area (Å²) in [6.07, 6.45) is -3.14. The summed E-state index contributed by atoms with van der Waals surface area (Å²) in [6.45, 7) is 0. The van der Waals surface area contributed by atoms with Crippen LogP contribution in [0.15, 0.2) is 12.1 Å². The molecule has 0 aromatic heterocycles. The molecule has 0 aliphatic heterocycles. The van der Waals surface area contributed by atoms with E-state index in [9.17, 15) is 23.1 Å². The molecular formula is C15H17F3O4. The summed E-state index contributed by atoms with van der Waals surface area (Å²) in [7, 11) is 2.54. The van der Waals surface area contributed by atoms with Crippen LogP contribution in [-0.4, -0.2) is 25.3 Å². The number of carboxylic acid groups (broad SMARTS) is 1. The third-order valence-electron chi connectivity index (χ3n) is 4.21. The summed E-state index contributed by atoms with van der Waals surface area (Å²) >= 11 is 0. The van der Waals surface area contributed by atoms with Gasteiger partial charge in [-0.15, -0.1) is 0 Å². The molecule has 1 aliphatic carbocycles. The number of methoxy groups -OCH3 is 2. The molecule has 1 aliphatic rings. The number of hydrogen-bond donors (Lipinski definition) is 1. The molecule has 0 spiro atoms. The van der Waals surface area contributed by atoms with Crippen LogP contribution in [0.25, 0.3) is 0 Å². The van der Waals surface area contributed by atoms with E-state index >= 15 is 0 Å². The normalized spacial score (nSPS) is 17.3. The number of hydrogen-bond acceptors (Lipinski definition) is 3. The van der Waals surface area contributed by atoms with Crippen molar-refractivity contribution in [1.82, 2.24) is 0 Å². The van der Waals surface area contributed by atoms with E-state index in [4.69, 9.17) is 9.47 Å². The summed E-state index contributed by atoms with van der Waals surface area (Å²) in [5.41, 5.74) is -2.75. The van der Waals surface area contributed by atoms with Crippen molar-refractivity contribution >= 4 is 5.97 Å². The van der Waals surface area contributed by atoms with Crippen LogP contribution < -0.4 is 9.47 Å². The van der Waals surface area contributed by atoms with Gasteiger partial charge in [0.15, 0.2) is 11.5 Å². The van der Waals surface area contributed by atoms with Gasteiger partial charge in [-0.3, -0.25) is 4.79 Å². The molecule has 4 nitrogen and oxygen atoms in total. The van der Waals surface area contributed by atoms with Gasteiger partial charge in [0.05, 0.1) is 25.2 Å². The highest BCUT2D eigenvalue weighted by Gasteiger charge is 2.49. The lowest BCUT2D eigenvalue weighted by molar-refractivity contribution is -0.146. The quantitative estimate of drug-likeness (QED) is 0.921. The molecule has 1 aromatic carbocycles. The lowest BCUT2D eigenvalue weighted by Crippen LogP contribution is -2.35. The zero-order valence-corrected chi connectivity index (χ0v) is 12.3. The lowest BCUT2D eigenvalue weighted by Gasteiger charge is -2.28. The maximum absolute atomic E-state index is 13.4. The number of halogens is 3. The Morgan fingerprint density at radius 2 is 1.64 bits per heavy atom. The van der Waals surface area contributed by atoms with Gasteiger partial charge in [-0.05, 0) is 30.5 Å². The summed E-state index contributed by atoms with van der Waals surface area (Å²) in [4.78, 5) is 11.7. The van der Waals surface area contributed by atoms with Crippen molar-refractivity contribution in [3.63, 3.8) is 0 Å². The Morgan fingerprint density at radius 1 is 1.14 bits per heavy atom. The third kappa shape index (κ3) is 2.60. The Kier molecular flexibility index (Phi) is 4.26. The summed E-state index contributed by atoms with van der Waals surface area (Å²) in [6, 6.07) is 1.97. The summed E-state index contributed by atoms with van der Waals surface area (Å²) in [5.74, 6) is -1.21. The molecular weight excluding hydrogens is 301 g/mol. The second-order valence-electron chi connectivity index (χ2n) is 5.34. The van der Waals surface area contributed by atoms with Crippen LogP contribution in [0.1, 0.15) is 36.8 Å². The fourth-order valence-corrected chi connectivity index (χ4v) is 3.09. The minimum atomic E-state index is -4.67. The van der Waals surface area contributed by atoms with Gasteiger partial charge in [0.1, 0.15) is 0 Å². The number of carbonyl (C=O) groups is 1. The molecule has 1 saturated carbocycles. The van der Waals surface area contributed by atoms with Crippen LogP contribution in [0.2, 0.25) is 0 Å². The average molecular weight is 318 g/mol. The average Bonchev–Trinajstić information content (AvgIpc) is 2.95. The summed E-state index contributed by atoms with van der Waals surface area (Å²) in [5, 5.41) is 9.56. The maximum Gasteiger partial charge on any atom is 0.416 e. The molecule has 1 N–H and O–H groups in total. The number of carboxylic acids is 1. The number of benzene rings is 1. The van der Waals surface area contributed by atoms with Crippen LogP contribution in [0.4, 0.5) is 13.2 Å². The molecule has 1 fully saturated rings. The summed E-state index contributed by atoms with van der Waals surface area (Å²) < 4.78 is 50.1. The standard InChI is InChI=1S/C15H17F3O4/c1-21-11-7-9(14(13(19)20)5-3-4-6-14)10(15(16,17)18)8-12(11)22-2/h7-8H,3-6H2,1-2H3,(H,19,20). The molecule has 1 aromatic rings. The molecule has 22 heavy (non-hydrogen) atoms. The van der Waals surface area contributed by atoms with E-state index in [1.807, 2.05) is 0 Å². The highest BCUT2D eigenvalue weighted by molar-refractivity contribution is 5.83. The Bertz CT molecular complexity index is 575. The molecule has 0 bridgehead atoms. The molecule has 7 heteroatoms. The SMILES string of the molecule is COc1cc(C(F)(F)F)c(C2(C(=O)O)CCCC2)cc1OC. The van der Waals surface area contributed by atoms with Crippen molar-refractivity contribution in [1.29, 1.82) is 0 Å². The van der Waals surface area contributed by atoms with Crippen LogP contribution in [0, 0.1) is 0 Å². The van der Waals surface area contributed by atoms with E-state index < -0.39 is 23.1 Å². The van der Waals surface area contributed by atoms with E-state index in [1.165, 1.54) is 14.2 Å². The van der Waals surface area contributed by atoms with Crippen molar-refractivity contribution in [2.45, 2.75) is 37.3 Å². The van der Waals surface area contributed by atoms with E-state index in [2.05, 4.69) is 0 Å². The van der Waals surface area contributed by atoms with E-state index in [0.717, 1.165) is 12.1 Å². The molecule has 0 saturated heterocycles. The van der Waals surface area contributed by atoms with Crippen molar-refractivity contribution in [2.24, 2.45) is 0 Å². The Labute approximate surface area is 125 Å². The highest BCUT2D eigenvalue weighted by atomic mass is 19.4. The van der Waals surface area contributed by atoms with Gasteiger partial charge in [-0.2, -0.15) is 13.2 Å². The largest absolute Gasteiger partial charge is 0.493 e. The third-order valence-corrected chi connectivity index (χ3v) is 4.21. The second-order valence-corrected chi connectivity index (χ2v) is 5.34. The van der Waals surface area contributed by atoms with Crippen molar-refractivity contribution < 1.29 is 32.5 Å². The zero-order chi connectivity index (χ0) is 16.5. The van der Waals surface area contributed by atoms with Crippen LogP contribution in [-0.2, 0) is 16.4 Å². The van der Waals surface area contributed by atoms with Crippen LogP contribution in [0.3, 0.4) is 0 Å². The molecule has 122 valence electrons. The minimum Gasteiger partial charge on any atom is -0.493 e. The number of aliphatic carboxylic acids is 1. The molecule has 0 atom stereocenters. The Morgan fingerprint density at radius 3 is 2.05 bits per heavy atom. The van der Waals surface area contributed by atoms with Gasteiger partial charge in [-0.1, -0.05) is 12.8 Å². The van der Waals surface area contributed by atoms with Crippen LogP contribution >= 0.6 is 0 Å². The second kappa shape index (κ2) is 5.70. The van der Waals surface area contributed by atoms with Crippen LogP contribution in [0.5, 0.6) is 11.5 Å². The molecule has 0 radical (unpaired) electrons. The first-order valence-electron chi connectivity index (χ1n) is 6.83. The molecule has 2 rings (SSSR count). The molecule has 0 heterocycles.